The summed E-state index contributed by atoms with van der Waals surface area (Å²) < 4.78 is 5.88. The summed E-state index contributed by atoms with van der Waals surface area (Å²) in [5.74, 6) is 0. The van der Waals surface area contributed by atoms with Crippen LogP contribution in [0.25, 0.3) is 0 Å². The normalized spacial score (nSPS) is 16.4. The molecule has 1 aromatic rings. The third-order valence-electron chi connectivity index (χ3n) is 4.31. The zero-order valence-corrected chi connectivity index (χ0v) is 12.8. The van der Waals surface area contributed by atoms with Gasteiger partial charge in [0.25, 0.3) is 0 Å². The number of hydrogen-bond donors (Lipinski definition) is 1. The molecule has 2 nitrogen and oxygen atoms in total. The van der Waals surface area contributed by atoms with Crippen LogP contribution in [0.3, 0.4) is 0 Å². The summed E-state index contributed by atoms with van der Waals surface area (Å²) in [5, 5.41) is 3.42. The van der Waals surface area contributed by atoms with Crippen LogP contribution >= 0.6 is 0 Å². The molecule has 1 aromatic carbocycles. The van der Waals surface area contributed by atoms with E-state index in [0.717, 1.165) is 13.0 Å². The molecule has 1 unspecified atom stereocenters. The van der Waals surface area contributed by atoms with Crippen LogP contribution in [0, 0.1) is 0 Å². The average molecular weight is 261 g/mol. The summed E-state index contributed by atoms with van der Waals surface area (Å²) in [5.41, 5.74) is 4.39. The van der Waals surface area contributed by atoms with Crippen LogP contribution in [0.15, 0.2) is 18.2 Å². The number of benzene rings is 1. The van der Waals surface area contributed by atoms with Crippen molar-refractivity contribution in [3.63, 3.8) is 0 Å². The molecule has 0 amide bonds. The summed E-state index contributed by atoms with van der Waals surface area (Å²) in [6, 6.07) is 7.34. The van der Waals surface area contributed by atoms with Crippen LogP contribution < -0.4 is 5.32 Å². The summed E-state index contributed by atoms with van der Waals surface area (Å²) >= 11 is 0. The lowest BCUT2D eigenvalue weighted by Gasteiger charge is -2.34. The fourth-order valence-corrected chi connectivity index (χ4v) is 3.16. The largest absolute Gasteiger partial charge is 0.374 e. The SMILES string of the molecule is CCOC(C)(C)C(Cc1ccc2c(c1)CCC2)NC. The van der Waals surface area contributed by atoms with Gasteiger partial charge in [-0.2, -0.15) is 0 Å². The maximum atomic E-state index is 5.88. The van der Waals surface area contributed by atoms with E-state index >= 15 is 0 Å². The van der Waals surface area contributed by atoms with Crippen molar-refractivity contribution in [2.24, 2.45) is 0 Å². The van der Waals surface area contributed by atoms with Crippen LogP contribution in [0.5, 0.6) is 0 Å². The van der Waals surface area contributed by atoms with Crippen molar-refractivity contribution in [1.29, 1.82) is 0 Å². The van der Waals surface area contributed by atoms with Gasteiger partial charge in [0.05, 0.1) is 5.60 Å². The van der Waals surface area contributed by atoms with Gasteiger partial charge in [-0.25, -0.2) is 0 Å². The smallest absolute Gasteiger partial charge is 0.0781 e. The number of likely N-dealkylation sites (N-methyl/N-ethyl adjacent to an activating group) is 1. The molecule has 0 spiro atoms. The van der Waals surface area contributed by atoms with E-state index in [0.29, 0.717) is 6.04 Å². The number of ether oxygens (including phenoxy) is 1. The maximum absolute atomic E-state index is 5.88. The molecular weight excluding hydrogens is 234 g/mol. The molecule has 0 saturated carbocycles. The van der Waals surface area contributed by atoms with Crippen molar-refractivity contribution in [2.75, 3.05) is 13.7 Å². The Balaban J connectivity index is 2.10. The molecule has 106 valence electrons. The first-order valence-corrected chi connectivity index (χ1v) is 7.48. The molecule has 2 rings (SSSR count). The van der Waals surface area contributed by atoms with E-state index in [2.05, 4.69) is 44.3 Å². The minimum absolute atomic E-state index is 0.136. The van der Waals surface area contributed by atoms with E-state index in [1.165, 1.54) is 24.8 Å². The molecule has 1 aliphatic rings. The van der Waals surface area contributed by atoms with Crippen molar-refractivity contribution < 1.29 is 4.74 Å². The second-order valence-electron chi connectivity index (χ2n) is 6.04. The fraction of sp³-hybridized carbons (Fsp3) is 0.647. The lowest BCUT2D eigenvalue weighted by atomic mass is 9.91. The highest BCUT2D eigenvalue weighted by atomic mass is 16.5. The van der Waals surface area contributed by atoms with Crippen molar-refractivity contribution in [1.82, 2.24) is 5.32 Å². The van der Waals surface area contributed by atoms with Gasteiger partial charge in [0.1, 0.15) is 0 Å². The van der Waals surface area contributed by atoms with Gasteiger partial charge in [0, 0.05) is 12.6 Å². The highest BCUT2D eigenvalue weighted by Gasteiger charge is 2.29. The first kappa shape index (κ1) is 14.5. The van der Waals surface area contributed by atoms with E-state index in [4.69, 9.17) is 4.74 Å². The molecule has 1 N–H and O–H groups in total. The number of fused-ring (bicyclic) bond motifs is 1. The van der Waals surface area contributed by atoms with Gasteiger partial charge in [-0.15, -0.1) is 0 Å². The van der Waals surface area contributed by atoms with Crippen LogP contribution in [-0.4, -0.2) is 25.3 Å². The molecule has 2 heteroatoms. The van der Waals surface area contributed by atoms with Crippen molar-refractivity contribution in [3.05, 3.63) is 34.9 Å². The third-order valence-corrected chi connectivity index (χ3v) is 4.31. The lowest BCUT2D eigenvalue weighted by molar-refractivity contribution is -0.0363. The van der Waals surface area contributed by atoms with Crippen LogP contribution in [0.4, 0.5) is 0 Å². The Hall–Kier alpha value is -0.860. The topological polar surface area (TPSA) is 21.3 Å². The predicted molar refractivity (Wildman–Crippen MR) is 80.7 cm³/mol. The Morgan fingerprint density at radius 2 is 2.00 bits per heavy atom. The van der Waals surface area contributed by atoms with Crippen molar-refractivity contribution in [2.45, 2.75) is 58.1 Å². The Kier molecular flexibility index (Phi) is 4.64. The minimum Gasteiger partial charge on any atom is -0.374 e. The molecule has 0 bridgehead atoms. The van der Waals surface area contributed by atoms with Crippen molar-refractivity contribution >= 4 is 0 Å². The molecule has 0 radical (unpaired) electrons. The average Bonchev–Trinajstić information content (AvgIpc) is 2.82. The first-order valence-electron chi connectivity index (χ1n) is 7.48. The minimum atomic E-state index is -0.136. The highest BCUT2D eigenvalue weighted by molar-refractivity contribution is 5.35. The van der Waals surface area contributed by atoms with Crippen LogP contribution in [0.2, 0.25) is 0 Å². The number of rotatable bonds is 6. The zero-order chi connectivity index (χ0) is 13.9. The number of nitrogens with one attached hydrogen (secondary N) is 1. The molecule has 0 fully saturated rings. The van der Waals surface area contributed by atoms with E-state index in [1.807, 2.05) is 7.05 Å². The molecule has 0 saturated heterocycles. The first-order chi connectivity index (χ1) is 9.06. The zero-order valence-electron chi connectivity index (χ0n) is 12.8. The van der Waals surface area contributed by atoms with Gasteiger partial charge in [0.15, 0.2) is 0 Å². The summed E-state index contributed by atoms with van der Waals surface area (Å²) in [4.78, 5) is 0. The number of hydrogen-bond acceptors (Lipinski definition) is 2. The summed E-state index contributed by atoms with van der Waals surface area (Å²) in [6.45, 7) is 7.16. The second-order valence-corrected chi connectivity index (χ2v) is 6.04. The van der Waals surface area contributed by atoms with Gasteiger partial charge < -0.3 is 10.1 Å². The standard InChI is InChI=1S/C17H27NO/c1-5-19-17(2,3)16(18-4)12-13-9-10-14-7-6-8-15(14)11-13/h9-11,16,18H,5-8,12H2,1-4H3. The van der Waals surface area contributed by atoms with Crippen molar-refractivity contribution in [3.8, 4) is 0 Å². The third kappa shape index (κ3) is 3.37. The van der Waals surface area contributed by atoms with Crippen LogP contribution in [0.1, 0.15) is 43.9 Å². The maximum Gasteiger partial charge on any atom is 0.0781 e. The van der Waals surface area contributed by atoms with Gasteiger partial charge in [0.2, 0.25) is 0 Å². The number of aryl methyl sites for hydroxylation is 2. The van der Waals surface area contributed by atoms with Gasteiger partial charge in [-0.1, -0.05) is 18.2 Å². The Morgan fingerprint density at radius 1 is 1.26 bits per heavy atom. The quantitative estimate of drug-likeness (QED) is 0.849. The molecule has 0 aromatic heterocycles. The molecular formula is C17H27NO. The Morgan fingerprint density at radius 3 is 2.68 bits per heavy atom. The van der Waals surface area contributed by atoms with Gasteiger partial charge >= 0.3 is 0 Å². The van der Waals surface area contributed by atoms with E-state index in [-0.39, 0.29) is 5.60 Å². The predicted octanol–water partition coefficient (Wildman–Crippen LogP) is 3.12. The molecule has 1 aliphatic carbocycles. The van der Waals surface area contributed by atoms with E-state index in [9.17, 15) is 0 Å². The van der Waals surface area contributed by atoms with Gasteiger partial charge in [-0.3, -0.25) is 0 Å². The molecule has 0 aliphatic heterocycles. The van der Waals surface area contributed by atoms with Crippen LogP contribution in [-0.2, 0) is 24.0 Å². The second kappa shape index (κ2) is 6.06. The highest BCUT2D eigenvalue weighted by Crippen LogP contribution is 2.25. The molecule has 0 heterocycles. The molecule has 1 atom stereocenters. The Labute approximate surface area is 117 Å². The van der Waals surface area contributed by atoms with E-state index in [1.54, 1.807) is 11.1 Å². The Bertz CT molecular complexity index is 425. The fourth-order valence-electron chi connectivity index (χ4n) is 3.16. The van der Waals surface area contributed by atoms with E-state index < -0.39 is 0 Å². The summed E-state index contributed by atoms with van der Waals surface area (Å²) in [6.07, 6.45) is 4.85. The van der Waals surface area contributed by atoms with Gasteiger partial charge in [-0.05, 0) is 70.2 Å². The molecule has 19 heavy (non-hydrogen) atoms. The monoisotopic (exact) mass is 261 g/mol. The summed E-state index contributed by atoms with van der Waals surface area (Å²) in [7, 11) is 2.03. The lowest BCUT2D eigenvalue weighted by Crippen LogP contribution is -2.48.